The van der Waals surface area contributed by atoms with Gasteiger partial charge in [-0.15, -0.1) is 0 Å². The van der Waals surface area contributed by atoms with E-state index in [4.69, 9.17) is 4.98 Å². The Kier molecular flexibility index (Phi) is 2.73. The van der Waals surface area contributed by atoms with E-state index in [1.165, 1.54) is 24.8 Å². The number of hydrogen-bond acceptors (Lipinski definition) is 3. The molecule has 4 nitrogen and oxygen atoms in total. The van der Waals surface area contributed by atoms with Gasteiger partial charge in [-0.25, -0.2) is 9.97 Å². The fourth-order valence-electron chi connectivity index (χ4n) is 2.74. The smallest absolute Gasteiger partial charge is 0.179 e. The van der Waals surface area contributed by atoms with E-state index in [9.17, 15) is 0 Å². The van der Waals surface area contributed by atoms with Crippen LogP contribution in [0.1, 0.15) is 30.7 Å². The van der Waals surface area contributed by atoms with Gasteiger partial charge in [0, 0.05) is 20.1 Å². The van der Waals surface area contributed by atoms with Gasteiger partial charge >= 0.3 is 0 Å². The molecule has 1 saturated heterocycles. The second kappa shape index (κ2) is 4.26. The number of fused-ring (bicyclic) bond motifs is 1. The van der Waals surface area contributed by atoms with Crippen LogP contribution in [0.2, 0.25) is 0 Å². The Bertz CT molecular complexity index is 579. The summed E-state index contributed by atoms with van der Waals surface area (Å²) < 4.78 is 2.11. The van der Waals surface area contributed by atoms with Crippen LogP contribution in [-0.2, 0) is 7.05 Å². The summed E-state index contributed by atoms with van der Waals surface area (Å²) in [6.07, 6.45) is 3.90. The Morgan fingerprint density at radius 3 is 2.50 bits per heavy atom. The summed E-state index contributed by atoms with van der Waals surface area (Å²) in [6.45, 7) is 6.44. The molecule has 0 atom stereocenters. The van der Waals surface area contributed by atoms with Crippen LogP contribution in [0.15, 0.2) is 6.07 Å². The summed E-state index contributed by atoms with van der Waals surface area (Å²) in [6, 6.07) is 2.21. The van der Waals surface area contributed by atoms with E-state index >= 15 is 0 Å². The molecule has 0 N–H and O–H groups in total. The minimum atomic E-state index is 0.876. The molecular formula is C14H20N4. The van der Waals surface area contributed by atoms with Crippen molar-refractivity contribution in [3.63, 3.8) is 0 Å². The quantitative estimate of drug-likeness (QED) is 0.773. The van der Waals surface area contributed by atoms with Crippen LogP contribution in [0.3, 0.4) is 0 Å². The Hall–Kier alpha value is -1.58. The third-order valence-electron chi connectivity index (χ3n) is 3.92. The molecule has 96 valence electrons. The van der Waals surface area contributed by atoms with Crippen molar-refractivity contribution in [1.29, 1.82) is 0 Å². The molecule has 2 aromatic heterocycles. The Balaban J connectivity index is 2.09. The topological polar surface area (TPSA) is 34.0 Å². The van der Waals surface area contributed by atoms with Crippen molar-refractivity contribution in [3.8, 4) is 0 Å². The third-order valence-corrected chi connectivity index (χ3v) is 3.92. The van der Waals surface area contributed by atoms with Gasteiger partial charge in [-0.05, 0) is 44.7 Å². The summed E-state index contributed by atoms with van der Waals surface area (Å²) in [7, 11) is 2.05. The van der Waals surface area contributed by atoms with E-state index in [2.05, 4.69) is 27.4 Å². The average molecular weight is 244 g/mol. The van der Waals surface area contributed by atoms with Gasteiger partial charge in [0.2, 0.25) is 0 Å². The van der Waals surface area contributed by atoms with Crippen molar-refractivity contribution < 1.29 is 0 Å². The van der Waals surface area contributed by atoms with Gasteiger partial charge in [-0.1, -0.05) is 0 Å². The van der Waals surface area contributed by atoms with E-state index in [-0.39, 0.29) is 0 Å². The zero-order valence-corrected chi connectivity index (χ0v) is 11.4. The van der Waals surface area contributed by atoms with Gasteiger partial charge in [-0.2, -0.15) is 0 Å². The van der Waals surface area contributed by atoms with Crippen LogP contribution in [0.4, 0.5) is 5.82 Å². The van der Waals surface area contributed by atoms with Crippen molar-refractivity contribution in [2.45, 2.75) is 33.1 Å². The number of pyridine rings is 1. The highest BCUT2D eigenvalue weighted by molar-refractivity contribution is 5.76. The second-order valence-electron chi connectivity index (χ2n) is 5.24. The maximum atomic E-state index is 4.77. The van der Waals surface area contributed by atoms with Crippen LogP contribution in [0, 0.1) is 13.8 Å². The molecule has 0 amide bonds. The number of hydrogen-bond donors (Lipinski definition) is 0. The van der Waals surface area contributed by atoms with Gasteiger partial charge in [0.25, 0.3) is 0 Å². The largest absolute Gasteiger partial charge is 0.356 e. The van der Waals surface area contributed by atoms with Crippen LogP contribution >= 0.6 is 0 Å². The fraction of sp³-hybridized carbons (Fsp3) is 0.571. The van der Waals surface area contributed by atoms with Gasteiger partial charge in [0.1, 0.15) is 11.6 Å². The summed E-state index contributed by atoms with van der Waals surface area (Å²) >= 11 is 0. The summed E-state index contributed by atoms with van der Waals surface area (Å²) in [4.78, 5) is 11.7. The minimum Gasteiger partial charge on any atom is -0.356 e. The maximum Gasteiger partial charge on any atom is 0.179 e. The molecule has 3 rings (SSSR count). The number of piperidine rings is 1. The van der Waals surface area contributed by atoms with E-state index in [1.807, 2.05) is 14.0 Å². The third kappa shape index (κ3) is 1.76. The molecule has 18 heavy (non-hydrogen) atoms. The van der Waals surface area contributed by atoms with Crippen LogP contribution in [-0.4, -0.2) is 27.6 Å². The molecule has 1 fully saturated rings. The Morgan fingerprint density at radius 1 is 1.06 bits per heavy atom. The van der Waals surface area contributed by atoms with Gasteiger partial charge in [0.15, 0.2) is 5.65 Å². The highest BCUT2D eigenvalue weighted by Crippen LogP contribution is 2.25. The molecule has 3 heterocycles. The predicted octanol–water partition coefficient (Wildman–Crippen LogP) is 2.58. The van der Waals surface area contributed by atoms with Crippen molar-refractivity contribution in [1.82, 2.24) is 14.5 Å². The lowest BCUT2D eigenvalue weighted by molar-refractivity contribution is 0.573. The highest BCUT2D eigenvalue weighted by atomic mass is 15.2. The van der Waals surface area contributed by atoms with E-state index in [0.717, 1.165) is 35.9 Å². The first-order valence-electron chi connectivity index (χ1n) is 6.72. The van der Waals surface area contributed by atoms with Gasteiger partial charge in [0.05, 0.1) is 5.52 Å². The lowest BCUT2D eigenvalue weighted by atomic mass is 10.1. The molecular weight excluding hydrogens is 224 g/mol. The minimum absolute atomic E-state index is 0.876. The van der Waals surface area contributed by atoms with Crippen LogP contribution in [0.5, 0.6) is 0 Å². The number of aryl methyl sites for hydroxylation is 3. The molecule has 0 aromatic carbocycles. The maximum absolute atomic E-state index is 4.77. The first-order valence-corrected chi connectivity index (χ1v) is 6.72. The summed E-state index contributed by atoms with van der Waals surface area (Å²) in [5, 5.41) is 0. The molecule has 0 bridgehead atoms. The standard InChI is InChI=1S/C14H20N4/c1-10-9-12-13(15-11(2)17(12)3)16-14(10)18-7-5-4-6-8-18/h9H,4-8H2,1-3H3. The number of imidazole rings is 1. The molecule has 4 heteroatoms. The molecule has 2 aromatic rings. The molecule has 0 spiro atoms. The van der Waals surface area contributed by atoms with Crippen molar-refractivity contribution in [2.75, 3.05) is 18.0 Å². The van der Waals surface area contributed by atoms with Crippen LogP contribution < -0.4 is 4.90 Å². The van der Waals surface area contributed by atoms with Crippen molar-refractivity contribution in [3.05, 3.63) is 17.5 Å². The highest BCUT2D eigenvalue weighted by Gasteiger charge is 2.16. The Labute approximate surface area is 108 Å². The monoisotopic (exact) mass is 244 g/mol. The van der Waals surface area contributed by atoms with Gasteiger partial charge < -0.3 is 9.47 Å². The number of anilines is 1. The number of aromatic nitrogens is 3. The first-order chi connectivity index (χ1) is 8.66. The van der Waals surface area contributed by atoms with Gasteiger partial charge in [-0.3, -0.25) is 0 Å². The Morgan fingerprint density at radius 2 is 1.78 bits per heavy atom. The van der Waals surface area contributed by atoms with Crippen molar-refractivity contribution in [2.24, 2.45) is 7.05 Å². The fourth-order valence-corrected chi connectivity index (χ4v) is 2.74. The molecule has 0 radical (unpaired) electrons. The second-order valence-corrected chi connectivity index (χ2v) is 5.24. The molecule has 1 aliphatic rings. The molecule has 0 saturated carbocycles. The van der Waals surface area contributed by atoms with E-state index in [1.54, 1.807) is 0 Å². The SMILES string of the molecule is Cc1cc2c(nc1N1CCCCC1)nc(C)n2C. The van der Waals surface area contributed by atoms with E-state index in [0.29, 0.717) is 0 Å². The number of nitrogens with zero attached hydrogens (tertiary/aromatic N) is 4. The predicted molar refractivity (Wildman–Crippen MR) is 74.0 cm³/mol. The molecule has 0 aliphatic carbocycles. The lowest BCUT2D eigenvalue weighted by Gasteiger charge is -2.28. The summed E-state index contributed by atoms with van der Waals surface area (Å²) in [5.74, 6) is 2.15. The van der Waals surface area contributed by atoms with E-state index < -0.39 is 0 Å². The lowest BCUT2D eigenvalue weighted by Crippen LogP contribution is -2.30. The molecule has 0 unspecified atom stereocenters. The van der Waals surface area contributed by atoms with Crippen molar-refractivity contribution >= 4 is 17.0 Å². The van der Waals surface area contributed by atoms with Crippen LogP contribution in [0.25, 0.3) is 11.2 Å². The summed E-state index contributed by atoms with van der Waals surface area (Å²) in [5.41, 5.74) is 3.26. The average Bonchev–Trinajstić information content (AvgIpc) is 2.66. The number of rotatable bonds is 1. The first kappa shape index (κ1) is 11.5. The molecule has 1 aliphatic heterocycles. The zero-order valence-electron chi connectivity index (χ0n) is 11.4. The normalized spacial score (nSPS) is 16.5. The zero-order chi connectivity index (χ0) is 12.7.